The number of amides is 1. The zero-order valence-corrected chi connectivity index (χ0v) is 23.0. The third-order valence-corrected chi connectivity index (χ3v) is 9.48. The summed E-state index contributed by atoms with van der Waals surface area (Å²) in [5.41, 5.74) is 3.91. The number of thioether (sulfide) groups is 2. The second-order valence-electron chi connectivity index (χ2n) is 8.57. The molecule has 6 nitrogen and oxygen atoms in total. The minimum absolute atomic E-state index is 0.0250. The predicted octanol–water partition coefficient (Wildman–Crippen LogP) is 7.18. The number of benzene rings is 3. The maximum absolute atomic E-state index is 13.9. The molecule has 186 valence electrons. The van der Waals surface area contributed by atoms with E-state index in [0.717, 1.165) is 54.4 Å². The number of amidine groups is 1. The number of aryl methyl sites for hydroxylation is 1. The van der Waals surface area contributed by atoms with Crippen LogP contribution < -0.4 is 9.64 Å². The molecule has 0 aliphatic carbocycles. The van der Waals surface area contributed by atoms with Crippen LogP contribution in [-0.4, -0.2) is 34.6 Å². The fourth-order valence-electron chi connectivity index (χ4n) is 4.40. The molecule has 0 saturated carbocycles. The Kier molecular flexibility index (Phi) is 6.44. The zero-order chi connectivity index (χ0) is 25.5. The number of aliphatic imine (C=N–C) groups is 1. The van der Waals surface area contributed by atoms with E-state index in [9.17, 15) is 4.79 Å². The molecule has 6 rings (SSSR count). The van der Waals surface area contributed by atoms with Gasteiger partial charge in [0.2, 0.25) is 0 Å². The number of rotatable bonds is 5. The SMILES string of the molecule is CCN1/C(=C2/SC(=Nc3ccc4nc(C)sc4c3)N(Cc3ccccc3)C2=O)Sc2ccc(OC)cc21. The number of methoxy groups -OCH3 is 1. The summed E-state index contributed by atoms with van der Waals surface area (Å²) in [6.07, 6.45) is 0. The summed E-state index contributed by atoms with van der Waals surface area (Å²) >= 11 is 4.73. The average Bonchev–Trinajstić information content (AvgIpc) is 3.56. The van der Waals surface area contributed by atoms with Crippen molar-refractivity contribution in [3.8, 4) is 5.75 Å². The first kappa shape index (κ1) is 24.1. The summed E-state index contributed by atoms with van der Waals surface area (Å²) in [6, 6.07) is 22.1. The van der Waals surface area contributed by atoms with Gasteiger partial charge < -0.3 is 9.64 Å². The monoisotopic (exact) mass is 544 g/mol. The highest BCUT2D eigenvalue weighted by Crippen LogP contribution is 2.51. The fourth-order valence-corrected chi connectivity index (χ4v) is 7.64. The van der Waals surface area contributed by atoms with Crippen LogP contribution in [0.15, 0.2) is 86.6 Å². The van der Waals surface area contributed by atoms with Gasteiger partial charge in [0.15, 0.2) is 5.17 Å². The molecule has 4 aromatic rings. The largest absolute Gasteiger partial charge is 0.497 e. The highest BCUT2D eigenvalue weighted by Gasteiger charge is 2.39. The molecular formula is C28H24N4O2S3. The first-order valence-corrected chi connectivity index (χ1v) is 14.4. The number of hydrogen-bond donors (Lipinski definition) is 0. The lowest BCUT2D eigenvalue weighted by Gasteiger charge is -2.19. The average molecular weight is 545 g/mol. The van der Waals surface area contributed by atoms with Crippen molar-refractivity contribution >= 4 is 67.5 Å². The van der Waals surface area contributed by atoms with Gasteiger partial charge in [-0.1, -0.05) is 42.1 Å². The third-order valence-electron chi connectivity index (χ3n) is 6.17. The van der Waals surface area contributed by atoms with Gasteiger partial charge in [0.05, 0.1) is 40.3 Å². The van der Waals surface area contributed by atoms with Crippen LogP contribution in [0.4, 0.5) is 11.4 Å². The van der Waals surface area contributed by atoms with E-state index in [1.54, 1.807) is 35.1 Å². The molecule has 1 saturated heterocycles. The Morgan fingerprint density at radius 3 is 2.62 bits per heavy atom. The predicted molar refractivity (Wildman–Crippen MR) is 155 cm³/mol. The van der Waals surface area contributed by atoms with Crippen molar-refractivity contribution in [1.82, 2.24) is 9.88 Å². The molecule has 0 radical (unpaired) electrons. The molecule has 1 amide bonds. The van der Waals surface area contributed by atoms with Crippen molar-refractivity contribution < 1.29 is 9.53 Å². The van der Waals surface area contributed by atoms with Gasteiger partial charge >= 0.3 is 0 Å². The lowest BCUT2D eigenvalue weighted by atomic mass is 10.2. The highest BCUT2D eigenvalue weighted by molar-refractivity contribution is 8.19. The van der Waals surface area contributed by atoms with E-state index in [0.29, 0.717) is 16.6 Å². The van der Waals surface area contributed by atoms with Gasteiger partial charge in [-0.15, -0.1) is 11.3 Å². The van der Waals surface area contributed by atoms with Gasteiger partial charge in [-0.05, 0) is 61.5 Å². The number of nitrogens with zero attached hydrogens (tertiary/aromatic N) is 4. The molecule has 1 aromatic heterocycles. The van der Waals surface area contributed by atoms with Crippen molar-refractivity contribution in [2.75, 3.05) is 18.6 Å². The van der Waals surface area contributed by atoms with Crippen molar-refractivity contribution in [3.05, 3.63) is 87.2 Å². The van der Waals surface area contributed by atoms with Crippen LogP contribution in [0.1, 0.15) is 17.5 Å². The Morgan fingerprint density at radius 2 is 1.84 bits per heavy atom. The van der Waals surface area contributed by atoms with E-state index in [-0.39, 0.29) is 5.91 Å². The van der Waals surface area contributed by atoms with Crippen LogP contribution in [0, 0.1) is 6.92 Å². The number of anilines is 1. The topological polar surface area (TPSA) is 58.0 Å². The smallest absolute Gasteiger partial charge is 0.269 e. The van der Waals surface area contributed by atoms with E-state index in [2.05, 4.69) is 28.9 Å². The number of hydrogen-bond acceptors (Lipinski definition) is 8. The Labute approximate surface area is 228 Å². The highest BCUT2D eigenvalue weighted by atomic mass is 32.2. The van der Waals surface area contributed by atoms with Crippen LogP contribution in [0.5, 0.6) is 5.75 Å². The molecule has 37 heavy (non-hydrogen) atoms. The van der Waals surface area contributed by atoms with Crippen LogP contribution in [0.25, 0.3) is 10.2 Å². The van der Waals surface area contributed by atoms with E-state index >= 15 is 0 Å². The number of carbonyl (C=O) groups excluding carboxylic acids is 1. The molecule has 0 unspecified atom stereocenters. The lowest BCUT2D eigenvalue weighted by molar-refractivity contribution is -0.122. The van der Waals surface area contributed by atoms with Gasteiger partial charge in [-0.3, -0.25) is 9.69 Å². The molecule has 1 fully saturated rings. The molecular weight excluding hydrogens is 521 g/mol. The van der Waals surface area contributed by atoms with Crippen LogP contribution in [-0.2, 0) is 11.3 Å². The number of fused-ring (bicyclic) bond motifs is 2. The van der Waals surface area contributed by atoms with Crippen molar-refractivity contribution in [2.45, 2.75) is 25.3 Å². The molecule has 0 atom stereocenters. The Hall–Kier alpha value is -3.27. The molecule has 3 aromatic carbocycles. The summed E-state index contributed by atoms with van der Waals surface area (Å²) in [4.78, 5) is 29.3. The van der Waals surface area contributed by atoms with Crippen molar-refractivity contribution in [1.29, 1.82) is 0 Å². The lowest BCUT2D eigenvalue weighted by Crippen LogP contribution is -2.29. The first-order chi connectivity index (χ1) is 18.0. The molecule has 9 heteroatoms. The summed E-state index contributed by atoms with van der Waals surface area (Å²) < 4.78 is 6.55. The summed E-state index contributed by atoms with van der Waals surface area (Å²) in [5, 5.41) is 2.65. The molecule has 3 heterocycles. The molecule has 2 aliphatic rings. The van der Waals surface area contributed by atoms with Gasteiger partial charge in [0, 0.05) is 17.5 Å². The Bertz CT molecular complexity index is 1580. The second-order valence-corrected chi connectivity index (χ2v) is 11.8. The standard InChI is InChI=1S/C28H24N4O2S3/c1-4-31-22-15-20(34-3)11-13-23(22)36-27(31)25-26(33)32(16-18-8-6-5-7-9-18)28(37-25)30-19-10-12-21-24(14-19)35-17(2)29-21/h5-15H,4,16H2,1-3H3/b27-25-,30-28?. The fraction of sp³-hybridized carbons (Fsp3) is 0.179. The zero-order valence-electron chi connectivity index (χ0n) is 20.6. The maximum atomic E-state index is 13.9. The normalized spacial score (nSPS) is 18.4. The third kappa shape index (κ3) is 4.52. The van der Waals surface area contributed by atoms with E-state index in [4.69, 9.17) is 9.73 Å². The molecule has 0 N–H and O–H groups in total. The van der Waals surface area contributed by atoms with Crippen LogP contribution in [0.3, 0.4) is 0 Å². The number of thiazole rings is 1. The quantitative estimate of drug-likeness (QED) is 0.248. The maximum Gasteiger partial charge on any atom is 0.269 e. The van der Waals surface area contributed by atoms with E-state index in [1.165, 1.54) is 11.8 Å². The minimum Gasteiger partial charge on any atom is -0.497 e. The number of aromatic nitrogens is 1. The molecule has 0 spiro atoms. The Morgan fingerprint density at radius 1 is 1.00 bits per heavy atom. The molecule has 2 aliphatic heterocycles. The molecule has 0 bridgehead atoms. The van der Waals surface area contributed by atoms with E-state index < -0.39 is 0 Å². The van der Waals surface area contributed by atoms with Gasteiger partial charge in [-0.25, -0.2) is 9.98 Å². The van der Waals surface area contributed by atoms with Crippen molar-refractivity contribution in [3.63, 3.8) is 0 Å². The number of carbonyl (C=O) groups is 1. The van der Waals surface area contributed by atoms with Gasteiger partial charge in [0.1, 0.15) is 15.7 Å². The van der Waals surface area contributed by atoms with Gasteiger partial charge in [0.25, 0.3) is 5.91 Å². The first-order valence-electron chi connectivity index (χ1n) is 11.9. The summed E-state index contributed by atoms with van der Waals surface area (Å²) in [6.45, 7) is 5.31. The number of ether oxygens (including phenoxy) is 1. The summed E-state index contributed by atoms with van der Waals surface area (Å²) in [5.74, 6) is 0.777. The summed E-state index contributed by atoms with van der Waals surface area (Å²) in [7, 11) is 1.67. The van der Waals surface area contributed by atoms with Crippen LogP contribution in [0.2, 0.25) is 0 Å². The minimum atomic E-state index is -0.0250. The van der Waals surface area contributed by atoms with Gasteiger partial charge in [-0.2, -0.15) is 0 Å². The van der Waals surface area contributed by atoms with Crippen LogP contribution >= 0.6 is 34.9 Å². The van der Waals surface area contributed by atoms with Crippen molar-refractivity contribution in [2.24, 2.45) is 4.99 Å². The van der Waals surface area contributed by atoms with E-state index in [1.807, 2.05) is 61.5 Å². The Balaban J connectivity index is 1.42. The second kappa shape index (κ2) is 9.89.